The zero-order valence-electron chi connectivity index (χ0n) is 13.1. The van der Waals surface area contributed by atoms with E-state index in [-0.39, 0.29) is 10.8 Å². The molecule has 0 spiro atoms. The Balaban J connectivity index is 2.15. The van der Waals surface area contributed by atoms with Gasteiger partial charge in [0.25, 0.3) is 0 Å². The largest absolute Gasteiger partial charge is 0.462 e. The van der Waals surface area contributed by atoms with Gasteiger partial charge in [0.2, 0.25) is 15.9 Å². The van der Waals surface area contributed by atoms with Crippen molar-refractivity contribution in [2.45, 2.75) is 18.7 Å². The van der Waals surface area contributed by atoms with E-state index in [0.717, 1.165) is 5.76 Å². The summed E-state index contributed by atoms with van der Waals surface area (Å²) in [5.74, 6) is 0.946. The second kappa shape index (κ2) is 6.80. The van der Waals surface area contributed by atoms with E-state index in [9.17, 15) is 13.2 Å². The third-order valence-electron chi connectivity index (χ3n) is 3.17. The normalized spacial score (nSPS) is 11.8. The topological polar surface area (TPSA) is 88.4 Å². The number of sulfonamides is 1. The van der Waals surface area contributed by atoms with Crippen LogP contribution in [0.3, 0.4) is 0 Å². The number of amides is 1. The Morgan fingerprint density at radius 1 is 1.17 bits per heavy atom. The van der Waals surface area contributed by atoms with Crippen molar-refractivity contribution in [1.82, 2.24) is 4.72 Å². The number of benzene rings is 1. The first-order chi connectivity index (χ1) is 10.8. The number of nitrogens with one attached hydrogen (secondary N) is 2. The standard InChI is InChI=1S/C16H18N2O4S/c1-11-4-6-13(10-15(11)23(20,21)17-3)18-16(19)9-8-14-7-5-12(2)22-14/h4-10,17H,1-3H3,(H,18,19)/b9-8+. The molecule has 1 heterocycles. The Labute approximate surface area is 135 Å². The van der Waals surface area contributed by atoms with E-state index in [1.54, 1.807) is 37.3 Å². The molecule has 0 atom stereocenters. The van der Waals surface area contributed by atoms with Gasteiger partial charge in [-0.3, -0.25) is 4.79 Å². The van der Waals surface area contributed by atoms with Crippen LogP contribution in [0.2, 0.25) is 0 Å². The van der Waals surface area contributed by atoms with Crippen molar-refractivity contribution in [1.29, 1.82) is 0 Å². The van der Waals surface area contributed by atoms with Crippen molar-refractivity contribution in [3.63, 3.8) is 0 Å². The number of carbonyl (C=O) groups excluding carboxylic acids is 1. The lowest BCUT2D eigenvalue weighted by Crippen LogP contribution is -2.20. The molecule has 23 heavy (non-hydrogen) atoms. The maximum absolute atomic E-state index is 11.9. The number of hydrogen-bond donors (Lipinski definition) is 2. The molecule has 1 aromatic carbocycles. The number of anilines is 1. The monoisotopic (exact) mass is 334 g/mol. The van der Waals surface area contributed by atoms with Gasteiger partial charge in [-0.15, -0.1) is 0 Å². The minimum atomic E-state index is -3.57. The Hall–Kier alpha value is -2.38. The molecular formula is C16H18N2O4S. The molecule has 0 radical (unpaired) electrons. The quantitative estimate of drug-likeness (QED) is 0.822. The molecule has 7 heteroatoms. The Morgan fingerprint density at radius 2 is 1.91 bits per heavy atom. The highest BCUT2D eigenvalue weighted by Gasteiger charge is 2.15. The van der Waals surface area contributed by atoms with Gasteiger partial charge in [-0.25, -0.2) is 13.1 Å². The number of rotatable bonds is 5. The van der Waals surface area contributed by atoms with Crippen LogP contribution in [0.4, 0.5) is 5.69 Å². The van der Waals surface area contributed by atoms with E-state index in [4.69, 9.17) is 4.42 Å². The molecule has 122 valence electrons. The van der Waals surface area contributed by atoms with Crippen LogP contribution in [-0.4, -0.2) is 21.4 Å². The molecule has 0 aliphatic rings. The molecule has 2 N–H and O–H groups in total. The average Bonchev–Trinajstić information content (AvgIpc) is 2.92. The lowest BCUT2D eigenvalue weighted by atomic mass is 10.2. The summed E-state index contributed by atoms with van der Waals surface area (Å²) in [6.45, 7) is 3.50. The van der Waals surface area contributed by atoms with Crippen LogP contribution in [-0.2, 0) is 14.8 Å². The van der Waals surface area contributed by atoms with E-state index >= 15 is 0 Å². The minimum absolute atomic E-state index is 0.128. The number of carbonyl (C=O) groups is 1. The van der Waals surface area contributed by atoms with Gasteiger partial charge in [-0.05, 0) is 56.8 Å². The fourth-order valence-corrected chi connectivity index (χ4v) is 2.96. The van der Waals surface area contributed by atoms with Crippen LogP contribution in [0.1, 0.15) is 17.1 Å². The number of furan rings is 1. The second-order valence-electron chi connectivity index (χ2n) is 4.96. The van der Waals surface area contributed by atoms with Gasteiger partial charge in [0.15, 0.2) is 0 Å². The predicted octanol–water partition coefficient (Wildman–Crippen LogP) is 2.46. The Kier molecular flexibility index (Phi) is 5.02. The van der Waals surface area contributed by atoms with Crippen molar-refractivity contribution in [3.8, 4) is 0 Å². The van der Waals surface area contributed by atoms with E-state index in [0.29, 0.717) is 17.0 Å². The SMILES string of the molecule is CNS(=O)(=O)c1cc(NC(=O)/C=C/c2ccc(C)o2)ccc1C. The van der Waals surface area contributed by atoms with Gasteiger partial charge >= 0.3 is 0 Å². The first-order valence-corrected chi connectivity index (χ1v) is 8.40. The highest BCUT2D eigenvalue weighted by Crippen LogP contribution is 2.20. The van der Waals surface area contributed by atoms with Gasteiger partial charge in [0, 0.05) is 11.8 Å². The molecule has 0 unspecified atom stereocenters. The zero-order chi connectivity index (χ0) is 17.0. The van der Waals surface area contributed by atoms with Crippen LogP contribution in [0.5, 0.6) is 0 Å². The summed E-state index contributed by atoms with van der Waals surface area (Å²) >= 11 is 0. The first-order valence-electron chi connectivity index (χ1n) is 6.91. The fourth-order valence-electron chi connectivity index (χ4n) is 1.96. The summed E-state index contributed by atoms with van der Waals surface area (Å²) in [5.41, 5.74) is 0.994. The van der Waals surface area contributed by atoms with Crippen molar-refractivity contribution < 1.29 is 17.6 Å². The van der Waals surface area contributed by atoms with Crippen LogP contribution in [0.15, 0.2) is 45.7 Å². The molecule has 0 bridgehead atoms. The van der Waals surface area contributed by atoms with Crippen LogP contribution in [0.25, 0.3) is 6.08 Å². The summed E-state index contributed by atoms with van der Waals surface area (Å²) in [5, 5.41) is 2.62. The van der Waals surface area contributed by atoms with Crippen molar-refractivity contribution >= 4 is 27.7 Å². The summed E-state index contributed by atoms with van der Waals surface area (Å²) in [6, 6.07) is 8.26. The minimum Gasteiger partial charge on any atom is -0.462 e. The third kappa shape index (κ3) is 4.30. The lowest BCUT2D eigenvalue weighted by Gasteiger charge is -2.09. The molecule has 0 fully saturated rings. The molecule has 1 amide bonds. The van der Waals surface area contributed by atoms with Crippen LogP contribution in [0, 0.1) is 13.8 Å². The second-order valence-corrected chi connectivity index (χ2v) is 6.81. The molecule has 0 aliphatic carbocycles. The van der Waals surface area contributed by atoms with Gasteiger partial charge in [0.05, 0.1) is 4.90 Å². The number of hydrogen-bond acceptors (Lipinski definition) is 4. The van der Waals surface area contributed by atoms with Gasteiger partial charge in [0.1, 0.15) is 11.5 Å². The summed E-state index contributed by atoms with van der Waals surface area (Å²) in [6.07, 6.45) is 2.87. The Morgan fingerprint density at radius 3 is 2.52 bits per heavy atom. The van der Waals surface area contributed by atoms with Crippen LogP contribution < -0.4 is 10.0 Å². The molecule has 0 aliphatic heterocycles. The molecule has 0 saturated heterocycles. The first kappa shape index (κ1) is 17.0. The average molecular weight is 334 g/mol. The number of aryl methyl sites for hydroxylation is 2. The van der Waals surface area contributed by atoms with Crippen LogP contribution >= 0.6 is 0 Å². The summed E-state index contributed by atoms with van der Waals surface area (Å²) < 4.78 is 31.4. The van der Waals surface area contributed by atoms with Gasteiger partial charge in [-0.2, -0.15) is 0 Å². The van der Waals surface area contributed by atoms with Crippen molar-refractivity contribution in [2.75, 3.05) is 12.4 Å². The smallest absolute Gasteiger partial charge is 0.248 e. The van der Waals surface area contributed by atoms with Gasteiger partial charge < -0.3 is 9.73 Å². The molecule has 1 aromatic heterocycles. The molecule has 2 rings (SSSR count). The molecule has 2 aromatic rings. The fraction of sp³-hybridized carbons (Fsp3) is 0.188. The molecular weight excluding hydrogens is 316 g/mol. The highest BCUT2D eigenvalue weighted by molar-refractivity contribution is 7.89. The third-order valence-corrected chi connectivity index (χ3v) is 4.73. The predicted molar refractivity (Wildman–Crippen MR) is 88.5 cm³/mol. The maximum atomic E-state index is 11.9. The van der Waals surface area contributed by atoms with Crippen molar-refractivity contribution in [2.24, 2.45) is 0 Å². The van der Waals surface area contributed by atoms with Crippen molar-refractivity contribution in [3.05, 3.63) is 53.5 Å². The van der Waals surface area contributed by atoms with Gasteiger partial charge in [-0.1, -0.05) is 6.07 Å². The van der Waals surface area contributed by atoms with E-state index in [1.165, 1.54) is 19.2 Å². The molecule has 0 saturated carbocycles. The highest BCUT2D eigenvalue weighted by atomic mass is 32.2. The summed E-state index contributed by atoms with van der Waals surface area (Å²) in [7, 11) is -2.23. The van der Waals surface area contributed by atoms with E-state index < -0.39 is 10.0 Å². The van der Waals surface area contributed by atoms with E-state index in [2.05, 4.69) is 10.0 Å². The Bertz CT molecular complexity index is 851. The molecule has 6 nitrogen and oxygen atoms in total. The summed E-state index contributed by atoms with van der Waals surface area (Å²) in [4.78, 5) is 12.0. The maximum Gasteiger partial charge on any atom is 0.248 e. The van der Waals surface area contributed by atoms with E-state index in [1.807, 2.05) is 6.92 Å². The zero-order valence-corrected chi connectivity index (χ0v) is 13.9. The lowest BCUT2D eigenvalue weighted by molar-refractivity contribution is -0.111.